The van der Waals surface area contributed by atoms with Crippen LogP contribution in [0.25, 0.3) is 0 Å². The van der Waals surface area contributed by atoms with Crippen LogP contribution in [0.15, 0.2) is 60.7 Å². The highest BCUT2D eigenvalue weighted by atomic mass is 16.6. The van der Waals surface area contributed by atoms with Crippen molar-refractivity contribution < 1.29 is 14.3 Å². The van der Waals surface area contributed by atoms with Gasteiger partial charge in [-0.3, -0.25) is 9.59 Å². The normalized spacial score (nSPS) is 22.4. The number of ether oxygens (including phenoxy) is 1. The topological polar surface area (TPSA) is 43.4 Å². The van der Waals surface area contributed by atoms with Crippen molar-refractivity contribution in [1.29, 1.82) is 0 Å². The zero-order valence-corrected chi connectivity index (χ0v) is 10.9. The first-order valence-corrected chi connectivity index (χ1v) is 6.61. The molecule has 0 radical (unpaired) electrons. The van der Waals surface area contributed by atoms with Crippen molar-refractivity contribution in [1.82, 2.24) is 0 Å². The fraction of sp³-hybridized carbons (Fsp3) is 0.176. The van der Waals surface area contributed by atoms with Gasteiger partial charge >= 0.3 is 11.9 Å². The summed E-state index contributed by atoms with van der Waals surface area (Å²) in [5.74, 6) is -1.65. The van der Waals surface area contributed by atoms with Crippen molar-refractivity contribution >= 4 is 11.9 Å². The zero-order valence-electron chi connectivity index (χ0n) is 10.9. The number of hydrogen-bond donors (Lipinski definition) is 0. The van der Waals surface area contributed by atoms with Gasteiger partial charge in [0.1, 0.15) is 0 Å². The molecule has 0 aliphatic carbocycles. The van der Waals surface area contributed by atoms with Gasteiger partial charge in [-0.1, -0.05) is 60.7 Å². The van der Waals surface area contributed by atoms with Crippen LogP contribution in [0.3, 0.4) is 0 Å². The van der Waals surface area contributed by atoms with E-state index < -0.39 is 11.9 Å². The Hall–Kier alpha value is -2.42. The van der Waals surface area contributed by atoms with Crippen molar-refractivity contribution in [2.24, 2.45) is 0 Å². The van der Waals surface area contributed by atoms with E-state index in [1.165, 1.54) is 0 Å². The lowest BCUT2D eigenvalue weighted by molar-refractivity contribution is -0.166. The van der Waals surface area contributed by atoms with E-state index in [2.05, 4.69) is 0 Å². The van der Waals surface area contributed by atoms with Gasteiger partial charge in [0.25, 0.3) is 0 Å². The number of carbonyl (C=O) groups is 2. The van der Waals surface area contributed by atoms with Crippen LogP contribution in [0, 0.1) is 0 Å². The molecule has 1 aliphatic rings. The Labute approximate surface area is 117 Å². The van der Waals surface area contributed by atoms with Crippen molar-refractivity contribution in [2.75, 3.05) is 0 Å². The maximum absolute atomic E-state index is 11.9. The van der Waals surface area contributed by atoms with E-state index in [-0.39, 0.29) is 11.8 Å². The zero-order chi connectivity index (χ0) is 13.9. The number of cyclic esters (lactones) is 2. The molecule has 0 saturated carbocycles. The van der Waals surface area contributed by atoms with Crippen LogP contribution in [0.5, 0.6) is 0 Å². The SMILES string of the molecule is O=C1OC(=O)[C@H](c2ccccc2)C[C@H]1c1ccccc1. The predicted molar refractivity (Wildman–Crippen MR) is 74.1 cm³/mol. The molecule has 1 aliphatic heterocycles. The summed E-state index contributed by atoms with van der Waals surface area (Å²) < 4.78 is 4.94. The van der Waals surface area contributed by atoms with Crippen LogP contribution in [-0.4, -0.2) is 11.9 Å². The van der Waals surface area contributed by atoms with E-state index in [0.29, 0.717) is 6.42 Å². The molecule has 1 heterocycles. The molecule has 20 heavy (non-hydrogen) atoms. The summed E-state index contributed by atoms with van der Waals surface area (Å²) in [5.41, 5.74) is 1.79. The van der Waals surface area contributed by atoms with Crippen molar-refractivity contribution in [3.8, 4) is 0 Å². The molecule has 1 saturated heterocycles. The van der Waals surface area contributed by atoms with Crippen LogP contribution < -0.4 is 0 Å². The number of rotatable bonds is 2. The van der Waals surface area contributed by atoms with E-state index in [4.69, 9.17) is 4.74 Å². The summed E-state index contributed by atoms with van der Waals surface area (Å²) in [7, 11) is 0. The molecule has 3 rings (SSSR count). The van der Waals surface area contributed by atoms with E-state index in [1.807, 2.05) is 60.7 Å². The second-order valence-electron chi connectivity index (χ2n) is 4.90. The van der Waals surface area contributed by atoms with Gasteiger partial charge in [0.15, 0.2) is 0 Å². The minimum atomic E-state index is -0.451. The summed E-state index contributed by atoms with van der Waals surface area (Å²) >= 11 is 0. The second kappa shape index (κ2) is 5.29. The van der Waals surface area contributed by atoms with Gasteiger partial charge in [-0.05, 0) is 17.5 Å². The monoisotopic (exact) mass is 266 g/mol. The summed E-state index contributed by atoms with van der Waals surface area (Å²) in [5, 5.41) is 0. The molecule has 0 aromatic heterocycles. The lowest BCUT2D eigenvalue weighted by Gasteiger charge is -2.26. The molecule has 1 fully saturated rings. The Morgan fingerprint density at radius 2 is 1.10 bits per heavy atom. The van der Waals surface area contributed by atoms with Crippen molar-refractivity contribution in [3.63, 3.8) is 0 Å². The maximum Gasteiger partial charge on any atom is 0.321 e. The third kappa shape index (κ3) is 2.35. The Kier molecular flexibility index (Phi) is 3.33. The van der Waals surface area contributed by atoms with Gasteiger partial charge in [-0.25, -0.2) is 0 Å². The standard InChI is InChI=1S/C17H14O3/c18-16-14(12-7-3-1-4-8-12)11-15(17(19)20-16)13-9-5-2-6-10-13/h1-10,14-15H,11H2/t14-,15-/m0/s1. The van der Waals surface area contributed by atoms with Gasteiger partial charge < -0.3 is 4.74 Å². The quantitative estimate of drug-likeness (QED) is 0.620. The van der Waals surface area contributed by atoms with E-state index >= 15 is 0 Å². The molecule has 0 amide bonds. The fourth-order valence-electron chi connectivity index (χ4n) is 2.58. The van der Waals surface area contributed by atoms with Gasteiger partial charge in [0.2, 0.25) is 0 Å². The third-order valence-electron chi connectivity index (χ3n) is 3.65. The Morgan fingerprint density at radius 1 is 0.700 bits per heavy atom. The van der Waals surface area contributed by atoms with Gasteiger partial charge in [0.05, 0.1) is 11.8 Å². The molecule has 0 bridgehead atoms. The third-order valence-corrected chi connectivity index (χ3v) is 3.65. The van der Waals surface area contributed by atoms with E-state index in [1.54, 1.807) is 0 Å². The summed E-state index contributed by atoms with van der Waals surface area (Å²) in [6.07, 6.45) is 0.464. The summed E-state index contributed by atoms with van der Waals surface area (Å²) in [6, 6.07) is 18.9. The molecule has 3 heteroatoms. The minimum Gasteiger partial charge on any atom is -0.392 e. The molecule has 0 unspecified atom stereocenters. The Bertz CT molecular complexity index is 564. The molecule has 3 nitrogen and oxygen atoms in total. The van der Waals surface area contributed by atoms with E-state index in [9.17, 15) is 9.59 Å². The molecule has 2 atom stereocenters. The first kappa shape index (κ1) is 12.6. The molecule has 0 N–H and O–H groups in total. The van der Waals surface area contributed by atoms with Crippen LogP contribution >= 0.6 is 0 Å². The highest BCUT2D eigenvalue weighted by Crippen LogP contribution is 2.35. The van der Waals surface area contributed by atoms with Crippen LogP contribution in [0.1, 0.15) is 29.4 Å². The predicted octanol–water partition coefficient (Wildman–Crippen LogP) is 3.03. The van der Waals surface area contributed by atoms with Crippen LogP contribution in [0.4, 0.5) is 0 Å². The van der Waals surface area contributed by atoms with Crippen LogP contribution in [-0.2, 0) is 14.3 Å². The maximum atomic E-state index is 11.9. The number of carbonyl (C=O) groups excluding carboxylic acids is 2. The summed E-state index contributed by atoms with van der Waals surface area (Å²) in [4.78, 5) is 23.9. The number of hydrogen-bond acceptors (Lipinski definition) is 3. The lowest BCUT2D eigenvalue weighted by atomic mass is 9.83. The van der Waals surface area contributed by atoms with Gasteiger partial charge in [0, 0.05) is 0 Å². The number of benzene rings is 2. The highest BCUT2D eigenvalue weighted by molar-refractivity contribution is 5.95. The molecule has 100 valence electrons. The smallest absolute Gasteiger partial charge is 0.321 e. The van der Waals surface area contributed by atoms with Gasteiger partial charge in [-0.15, -0.1) is 0 Å². The first-order chi connectivity index (χ1) is 9.75. The molecule has 0 spiro atoms. The fourth-order valence-corrected chi connectivity index (χ4v) is 2.58. The minimum absolute atomic E-state index is 0.376. The molecule has 2 aromatic rings. The Morgan fingerprint density at radius 3 is 1.50 bits per heavy atom. The average molecular weight is 266 g/mol. The second-order valence-corrected chi connectivity index (χ2v) is 4.90. The molecular weight excluding hydrogens is 252 g/mol. The first-order valence-electron chi connectivity index (χ1n) is 6.61. The van der Waals surface area contributed by atoms with Crippen molar-refractivity contribution in [2.45, 2.75) is 18.3 Å². The van der Waals surface area contributed by atoms with E-state index in [0.717, 1.165) is 11.1 Å². The average Bonchev–Trinajstić information content (AvgIpc) is 2.49. The highest BCUT2D eigenvalue weighted by Gasteiger charge is 2.38. The largest absolute Gasteiger partial charge is 0.392 e. The molecular formula is C17H14O3. The number of esters is 2. The lowest BCUT2D eigenvalue weighted by Crippen LogP contribution is -2.32. The Balaban J connectivity index is 1.91. The summed E-state index contributed by atoms with van der Waals surface area (Å²) in [6.45, 7) is 0. The van der Waals surface area contributed by atoms with Crippen LogP contribution in [0.2, 0.25) is 0 Å². The van der Waals surface area contributed by atoms with Gasteiger partial charge in [-0.2, -0.15) is 0 Å². The molecule has 2 aromatic carbocycles. The van der Waals surface area contributed by atoms with Crippen molar-refractivity contribution in [3.05, 3.63) is 71.8 Å².